The number of nitrogens with one attached hydrogen (secondary N) is 1. The fourth-order valence-electron chi connectivity index (χ4n) is 3.34. The highest BCUT2D eigenvalue weighted by Gasteiger charge is 2.30. The third-order valence-electron chi connectivity index (χ3n) is 4.67. The quantitative estimate of drug-likeness (QED) is 0.804. The highest BCUT2D eigenvalue weighted by Crippen LogP contribution is 2.21. The molecule has 0 aromatic rings. The first-order valence-corrected chi connectivity index (χ1v) is 8.08. The van der Waals surface area contributed by atoms with E-state index in [0.717, 1.165) is 39.0 Å². The summed E-state index contributed by atoms with van der Waals surface area (Å²) >= 11 is 0. The molecule has 6 nitrogen and oxygen atoms in total. The Morgan fingerprint density at radius 1 is 1.29 bits per heavy atom. The molecule has 2 saturated heterocycles. The first-order chi connectivity index (χ1) is 10.1. The predicted molar refractivity (Wildman–Crippen MR) is 80.2 cm³/mol. The van der Waals surface area contributed by atoms with Gasteiger partial charge in [0, 0.05) is 38.6 Å². The van der Waals surface area contributed by atoms with Gasteiger partial charge in [0.05, 0.1) is 0 Å². The molecule has 120 valence electrons. The van der Waals surface area contributed by atoms with Crippen molar-refractivity contribution < 1.29 is 14.7 Å². The average molecular weight is 297 g/mol. The van der Waals surface area contributed by atoms with Gasteiger partial charge in [-0.25, -0.2) is 4.79 Å². The van der Waals surface area contributed by atoms with Crippen LogP contribution in [0.3, 0.4) is 0 Å². The van der Waals surface area contributed by atoms with E-state index in [0.29, 0.717) is 12.6 Å². The number of carboxylic acid groups (broad SMARTS) is 1. The van der Waals surface area contributed by atoms with Crippen molar-refractivity contribution in [1.29, 1.82) is 0 Å². The van der Waals surface area contributed by atoms with Crippen molar-refractivity contribution in [3.05, 3.63) is 0 Å². The maximum Gasteiger partial charge on any atom is 0.317 e. The maximum atomic E-state index is 12.3. The lowest BCUT2D eigenvalue weighted by Crippen LogP contribution is -2.45. The number of amides is 2. The van der Waals surface area contributed by atoms with Crippen LogP contribution in [0.1, 0.15) is 39.0 Å². The zero-order valence-corrected chi connectivity index (χ0v) is 12.9. The minimum atomic E-state index is -0.799. The first-order valence-electron chi connectivity index (χ1n) is 8.08. The van der Waals surface area contributed by atoms with Gasteiger partial charge in [-0.05, 0) is 31.7 Å². The van der Waals surface area contributed by atoms with Crippen molar-refractivity contribution in [1.82, 2.24) is 15.1 Å². The summed E-state index contributed by atoms with van der Waals surface area (Å²) in [6, 6.07) is 0.479. The Morgan fingerprint density at radius 3 is 2.76 bits per heavy atom. The summed E-state index contributed by atoms with van der Waals surface area (Å²) in [6.45, 7) is 6.27. The Morgan fingerprint density at radius 2 is 2.05 bits per heavy atom. The fraction of sp³-hybridized carbons (Fsp3) is 0.867. The van der Waals surface area contributed by atoms with Gasteiger partial charge < -0.3 is 15.3 Å². The minimum absolute atomic E-state index is 0.0152. The second-order valence-electron chi connectivity index (χ2n) is 6.19. The molecule has 2 rings (SSSR count). The molecule has 21 heavy (non-hydrogen) atoms. The second-order valence-corrected chi connectivity index (χ2v) is 6.19. The molecular weight excluding hydrogens is 270 g/mol. The standard InChI is InChI=1S/C15H27N3O3/c1-2-12(9-14(19)20)10-16-15(21)18-8-4-7-17-6-3-5-13(17)11-18/h12-13H,2-11H2,1H3,(H,16,21)(H,19,20). The lowest BCUT2D eigenvalue weighted by atomic mass is 10.0. The highest BCUT2D eigenvalue weighted by atomic mass is 16.4. The van der Waals surface area contributed by atoms with Gasteiger partial charge in [-0.15, -0.1) is 0 Å². The van der Waals surface area contributed by atoms with E-state index in [9.17, 15) is 9.59 Å². The Kier molecular flexibility index (Phi) is 5.85. The van der Waals surface area contributed by atoms with Crippen molar-refractivity contribution in [2.24, 2.45) is 5.92 Å². The molecule has 2 N–H and O–H groups in total. The summed E-state index contributed by atoms with van der Waals surface area (Å²) in [4.78, 5) is 27.4. The largest absolute Gasteiger partial charge is 0.481 e. The normalized spacial score (nSPS) is 24.2. The number of rotatable bonds is 5. The van der Waals surface area contributed by atoms with Gasteiger partial charge in [0.25, 0.3) is 0 Å². The molecule has 2 aliphatic heterocycles. The average Bonchev–Trinajstić information content (AvgIpc) is 2.79. The number of nitrogens with zero attached hydrogens (tertiary/aromatic N) is 2. The molecule has 2 amide bonds. The molecule has 2 aliphatic rings. The third kappa shape index (κ3) is 4.59. The topological polar surface area (TPSA) is 72.9 Å². The van der Waals surface area contributed by atoms with Gasteiger partial charge in [-0.2, -0.15) is 0 Å². The van der Waals surface area contributed by atoms with Crippen LogP contribution < -0.4 is 5.32 Å². The van der Waals surface area contributed by atoms with Crippen LogP contribution in [-0.2, 0) is 4.79 Å². The fourth-order valence-corrected chi connectivity index (χ4v) is 3.34. The molecule has 6 heteroatoms. The molecule has 0 bridgehead atoms. The molecule has 0 radical (unpaired) electrons. The third-order valence-corrected chi connectivity index (χ3v) is 4.67. The minimum Gasteiger partial charge on any atom is -0.481 e. The van der Waals surface area contributed by atoms with Gasteiger partial charge >= 0.3 is 12.0 Å². The number of urea groups is 1. The van der Waals surface area contributed by atoms with Crippen molar-refractivity contribution in [2.75, 3.05) is 32.7 Å². The molecule has 2 heterocycles. The molecule has 2 unspecified atom stereocenters. The predicted octanol–water partition coefficient (Wildman–Crippen LogP) is 1.37. The van der Waals surface area contributed by atoms with Gasteiger partial charge in [-0.3, -0.25) is 9.69 Å². The molecule has 2 atom stereocenters. The van der Waals surface area contributed by atoms with E-state index in [-0.39, 0.29) is 18.4 Å². The summed E-state index contributed by atoms with van der Waals surface area (Å²) in [5.74, 6) is -0.783. The molecule has 0 saturated carbocycles. The van der Waals surface area contributed by atoms with E-state index in [4.69, 9.17) is 5.11 Å². The number of carboxylic acids is 1. The van der Waals surface area contributed by atoms with Crippen molar-refractivity contribution >= 4 is 12.0 Å². The van der Waals surface area contributed by atoms with Gasteiger partial charge in [0.1, 0.15) is 0 Å². The zero-order valence-electron chi connectivity index (χ0n) is 12.9. The van der Waals surface area contributed by atoms with Crippen LogP contribution in [0.2, 0.25) is 0 Å². The Balaban J connectivity index is 1.80. The molecule has 2 fully saturated rings. The molecule has 0 aliphatic carbocycles. The second kappa shape index (κ2) is 7.64. The number of hydrogen-bond donors (Lipinski definition) is 2. The van der Waals surface area contributed by atoms with E-state index in [1.54, 1.807) is 0 Å². The Labute approximate surface area is 126 Å². The van der Waals surface area contributed by atoms with Crippen molar-refractivity contribution in [3.8, 4) is 0 Å². The van der Waals surface area contributed by atoms with Crippen LogP contribution in [0.25, 0.3) is 0 Å². The van der Waals surface area contributed by atoms with Crippen molar-refractivity contribution in [3.63, 3.8) is 0 Å². The van der Waals surface area contributed by atoms with Crippen molar-refractivity contribution in [2.45, 2.75) is 45.1 Å². The molecule has 0 aromatic heterocycles. The summed E-state index contributed by atoms with van der Waals surface area (Å²) in [7, 11) is 0. The molecule has 0 aromatic carbocycles. The van der Waals surface area contributed by atoms with Crippen LogP contribution in [-0.4, -0.2) is 65.7 Å². The first kappa shape index (κ1) is 16.1. The maximum absolute atomic E-state index is 12.3. The molecule has 0 spiro atoms. The van der Waals surface area contributed by atoms with E-state index in [1.807, 2.05) is 11.8 Å². The number of carbonyl (C=O) groups excluding carboxylic acids is 1. The number of fused-ring (bicyclic) bond motifs is 1. The van der Waals surface area contributed by atoms with Crippen LogP contribution >= 0.6 is 0 Å². The van der Waals surface area contributed by atoms with E-state index in [1.165, 1.54) is 12.8 Å². The summed E-state index contributed by atoms with van der Waals surface area (Å²) in [5, 5.41) is 11.8. The lowest BCUT2D eigenvalue weighted by molar-refractivity contribution is -0.138. The van der Waals surface area contributed by atoms with Crippen LogP contribution in [0.5, 0.6) is 0 Å². The van der Waals surface area contributed by atoms with E-state index < -0.39 is 5.97 Å². The Bertz CT molecular complexity index is 375. The lowest BCUT2D eigenvalue weighted by Gasteiger charge is -2.26. The number of hydrogen-bond acceptors (Lipinski definition) is 3. The summed E-state index contributed by atoms with van der Waals surface area (Å²) in [5.41, 5.74) is 0. The smallest absolute Gasteiger partial charge is 0.317 e. The Hall–Kier alpha value is -1.30. The number of aliphatic carboxylic acids is 1. The van der Waals surface area contributed by atoms with Gasteiger partial charge in [0.15, 0.2) is 0 Å². The van der Waals surface area contributed by atoms with Gasteiger partial charge in [0.2, 0.25) is 0 Å². The highest BCUT2D eigenvalue weighted by molar-refractivity contribution is 5.74. The monoisotopic (exact) mass is 297 g/mol. The van der Waals surface area contributed by atoms with Crippen LogP contribution in [0.4, 0.5) is 4.79 Å². The van der Waals surface area contributed by atoms with E-state index in [2.05, 4.69) is 10.2 Å². The summed E-state index contributed by atoms with van der Waals surface area (Å²) < 4.78 is 0. The zero-order chi connectivity index (χ0) is 15.2. The van der Waals surface area contributed by atoms with Crippen LogP contribution in [0, 0.1) is 5.92 Å². The van der Waals surface area contributed by atoms with E-state index >= 15 is 0 Å². The summed E-state index contributed by atoms with van der Waals surface area (Å²) in [6.07, 6.45) is 4.32. The SMILES string of the molecule is CCC(CNC(=O)N1CCCN2CCCC2C1)CC(=O)O. The molecular formula is C15H27N3O3. The van der Waals surface area contributed by atoms with Gasteiger partial charge in [-0.1, -0.05) is 13.3 Å². The number of carbonyl (C=O) groups is 2. The van der Waals surface area contributed by atoms with Crippen LogP contribution in [0.15, 0.2) is 0 Å².